The molecule has 0 radical (unpaired) electrons. The van der Waals surface area contributed by atoms with Crippen LogP contribution in [0.1, 0.15) is 265 Å². The third-order valence-electron chi connectivity index (χ3n) is 11.7. The summed E-state index contributed by atoms with van der Waals surface area (Å²) in [4.78, 5) is 25.4. The van der Waals surface area contributed by atoms with Crippen molar-refractivity contribution in [2.45, 2.75) is 271 Å². The van der Waals surface area contributed by atoms with Crippen molar-refractivity contribution in [1.82, 2.24) is 0 Å². The van der Waals surface area contributed by atoms with Gasteiger partial charge in [-0.3, -0.25) is 9.59 Å². The lowest BCUT2D eigenvalue weighted by Crippen LogP contribution is -2.30. The Bertz CT molecular complexity index is 1150. The fraction of sp³-hybridized carbons (Fsp3) is 0.763. The standard InChI is InChI=1S/C59H104O5/c1-4-7-10-13-16-19-22-25-28-30-32-34-37-40-43-46-49-52-58(60)63-56-57(55-62-54-51-48-45-42-39-36-33-29-26-23-20-17-14-11-8-5-2)64-59(61)53-50-47-44-41-38-35-31-27-24-21-18-15-12-9-6-3/h7,10,16,19,25,27-28,31-32,34,40,43,57H,4-6,8-9,11-15,17-18,20-24,26,29-30,33,35-39,41-42,44-56H2,1-3H3/b10-7-,19-16-,28-25-,31-27-,34-32-,43-40-. The van der Waals surface area contributed by atoms with Gasteiger partial charge in [0.2, 0.25) is 0 Å². The zero-order chi connectivity index (χ0) is 46.3. The fourth-order valence-electron chi connectivity index (χ4n) is 7.66. The van der Waals surface area contributed by atoms with Crippen LogP contribution in [-0.2, 0) is 23.8 Å². The first-order chi connectivity index (χ1) is 31.6. The van der Waals surface area contributed by atoms with Crippen LogP contribution in [0.15, 0.2) is 72.9 Å². The molecule has 0 saturated heterocycles. The van der Waals surface area contributed by atoms with Crippen molar-refractivity contribution in [2.75, 3.05) is 19.8 Å². The monoisotopic (exact) mass is 893 g/mol. The summed E-state index contributed by atoms with van der Waals surface area (Å²) < 4.78 is 17.4. The van der Waals surface area contributed by atoms with Gasteiger partial charge in [0.05, 0.1) is 6.61 Å². The molecule has 0 aliphatic carbocycles. The van der Waals surface area contributed by atoms with Gasteiger partial charge in [0, 0.05) is 19.4 Å². The van der Waals surface area contributed by atoms with Gasteiger partial charge in [-0.1, -0.05) is 241 Å². The Labute approximate surface area is 397 Å². The van der Waals surface area contributed by atoms with Gasteiger partial charge in [0.1, 0.15) is 6.61 Å². The van der Waals surface area contributed by atoms with Gasteiger partial charge in [0.25, 0.3) is 0 Å². The van der Waals surface area contributed by atoms with E-state index in [1.54, 1.807) is 0 Å². The zero-order valence-corrected chi connectivity index (χ0v) is 42.5. The number of carbonyl (C=O) groups excluding carboxylic acids is 2. The molecule has 0 rings (SSSR count). The van der Waals surface area contributed by atoms with Crippen molar-refractivity contribution in [3.05, 3.63) is 72.9 Å². The number of allylic oxidation sites excluding steroid dienone is 12. The molecule has 370 valence electrons. The summed E-state index contributed by atoms with van der Waals surface area (Å²) in [5.74, 6) is -0.466. The molecule has 1 unspecified atom stereocenters. The number of rotatable bonds is 50. The SMILES string of the molecule is CC/C=C\C/C=C\C/C=C\C/C=C\C/C=C\CCCC(=O)OCC(COCCCCCCCCCCCCCCCCCC)OC(=O)CCCCCCC/C=C\CCCCCCCC. The van der Waals surface area contributed by atoms with Gasteiger partial charge in [-0.05, 0) is 83.5 Å². The number of hydrogen-bond donors (Lipinski definition) is 0. The molecule has 5 heteroatoms. The maximum Gasteiger partial charge on any atom is 0.306 e. The van der Waals surface area contributed by atoms with Gasteiger partial charge in [0.15, 0.2) is 6.10 Å². The highest BCUT2D eigenvalue weighted by Crippen LogP contribution is 2.15. The molecule has 0 aliphatic rings. The second kappa shape index (κ2) is 54.7. The molecular formula is C59H104O5. The van der Waals surface area contributed by atoms with E-state index in [1.807, 2.05) is 0 Å². The summed E-state index contributed by atoms with van der Waals surface area (Å²) in [6, 6.07) is 0. The predicted molar refractivity (Wildman–Crippen MR) is 279 cm³/mol. The summed E-state index contributed by atoms with van der Waals surface area (Å²) in [7, 11) is 0. The molecule has 0 bridgehead atoms. The smallest absolute Gasteiger partial charge is 0.306 e. The van der Waals surface area contributed by atoms with E-state index in [2.05, 4.69) is 93.7 Å². The number of carbonyl (C=O) groups is 2. The van der Waals surface area contributed by atoms with E-state index in [4.69, 9.17) is 14.2 Å². The van der Waals surface area contributed by atoms with Crippen LogP contribution in [0.4, 0.5) is 0 Å². The topological polar surface area (TPSA) is 61.8 Å². The van der Waals surface area contributed by atoms with E-state index in [-0.39, 0.29) is 25.2 Å². The van der Waals surface area contributed by atoms with Crippen LogP contribution in [0.3, 0.4) is 0 Å². The molecule has 0 fully saturated rings. The molecule has 0 aromatic heterocycles. The first kappa shape index (κ1) is 61.3. The Morgan fingerprint density at radius 1 is 0.359 bits per heavy atom. The number of hydrogen-bond acceptors (Lipinski definition) is 5. The summed E-state index contributed by atoms with van der Waals surface area (Å²) in [6.07, 6.45) is 70.6. The summed E-state index contributed by atoms with van der Waals surface area (Å²) in [5.41, 5.74) is 0. The van der Waals surface area contributed by atoms with Crippen molar-refractivity contribution in [3.8, 4) is 0 Å². The van der Waals surface area contributed by atoms with E-state index in [0.717, 1.165) is 83.5 Å². The van der Waals surface area contributed by atoms with Crippen molar-refractivity contribution in [2.24, 2.45) is 0 Å². The molecule has 0 spiro atoms. The largest absolute Gasteiger partial charge is 0.462 e. The lowest BCUT2D eigenvalue weighted by molar-refractivity contribution is -0.163. The summed E-state index contributed by atoms with van der Waals surface area (Å²) >= 11 is 0. The van der Waals surface area contributed by atoms with Gasteiger partial charge in [-0.25, -0.2) is 0 Å². The predicted octanol–water partition coefficient (Wildman–Crippen LogP) is 18.7. The molecule has 0 saturated carbocycles. The minimum atomic E-state index is -0.563. The van der Waals surface area contributed by atoms with Crippen LogP contribution < -0.4 is 0 Å². The first-order valence-electron chi connectivity index (χ1n) is 27.5. The Balaban J connectivity index is 4.36. The molecular weight excluding hydrogens is 789 g/mol. The fourth-order valence-corrected chi connectivity index (χ4v) is 7.66. The molecule has 5 nitrogen and oxygen atoms in total. The highest BCUT2D eigenvalue weighted by atomic mass is 16.6. The van der Waals surface area contributed by atoms with Crippen LogP contribution in [0.25, 0.3) is 0 Å². The van der Waals surface area contributed by atoms with E-state index in [1.165, 1.54) is 148 Å². The average molecular weight is 893 g/mol. The molecule has 0 aromatic rings. The Morgan fingerprint density at radius 2 is 0.719 bits per heavy atom. The first-order valence-corrected chi connectivity index (χ1v) is 27.5. The van der Waals surface area contributed by atoms with Gasteiger partial charge in [-0.15, -0.1) is 0 Å². The molecule has 0 heterocycles. The lowest BCUT2D eigenvalue weighted by Gasteiger charge is -2.18. The minimum Gasteiger partial charge on any atom is -0.462 e. The quantitative estimate of drug-likeness (QED) is 0.0346. The third kappa shape index (κ3) is 52.0. The van der Waals surface area contributed by atoms with Gasteiger partial charge >= 0.3 is 11.9 Å². The van der Waals surface area contributed by atoms with Crippen molar-refractivity contribution in [3.63, 3.8) is 0 Å². The summed E-state index contributed by atoms with van der Waals surface area (Å²) in [6.45, 7) is 7.67. The van der Waals surface area contributed by atoms with Crippen LogP contribution in [0.2, 0.25) is 0 Å². The van der Waals surface area contributed by atoms with E-state index < -0.39 is 6.10 Å². The van der Waals surface area contributed by atoms with Crippen LogP contribution >= 0.6 is 0 Å². The maximum atomic E-state index is 12.8. The van der Waals surface area contributed by atoms with Crippen molar-refractivity contribution < 1.29 is 23.8 Å². The average Bonchev–Trinajstić information content (AvgIpc) is 3.30. The Hall–Kier alpha value is -2.66. The second-order valence-corrected chi connectivity index (χ2v) is 18.1. The molecule has 1 atom stereocenters. The van der Waals surface area contributed by atoms with Crippen molar-refractivity contribution in [1.29, 1.82) is 0 Å². The van der Waals surface area contributed by atoms with E-state index in [9.17, 15) is 9.59 Å². The molecule has 0 N–H and O–H groups in total. The van der Waals surface area contributed by atoms with Gasteiger partial charge in [-0.2, -0.15) is 0 Å². The molecule has 0 aliphatic heterocycles. The molecule has 0 amide bonds. The molecule has 64 heavy (non-hydrogen) atoms. The van der Waals surface area contributed by atoms with Crippen molar-refractivity contribution >= 4 is 11.9 Å². The van der Waals surface area contributed by atoms with E-state index >= 15 is 0 Å². The molecule has 0 aromatic carbocycles. The van der Waals surface area contributed by atoms with Crippen LogP contribution in [-0.4, -0.2) is 37.9 Å². The highest BCUT2D eigenvalue weighted by molar-refractivity contribution is 5.70. The number of esters is 2. The lowest BCUT2D eigenvalue weighted by atomic mass is 10.0. The van der Waals surface area contributed by atoms with Crippen LogP contribution in [0.5, 0.6) is 0 Å². The highest BCUT2D eigenvalue weighted by Gasteiger charge is 2.17. The van der Waals surface area contributed by atoms with Gasteiger partial charge < -0.3 is 14.2 Å². The van der Waals surface area contributed by atoms with E-state index in [0.29, 0.717) is 19.4 Å². The Kier molecular flexibility index (Phi) is 52.4. The Morgan fingerprint density at radius 3 is 1.19 bits per heavy atom. The van der Waals surface area contributed by atoms with Crippen LogP contribution in [0, 0.1) is 0 Å². The second-order valence-electron chi connectivity index (χ2n) is 18.1. The summed E-state index contributed by atoms with van der Waals surface area (Å²) in [5, 5.41) is 0. The maximum absolute atomic E-state index is 12.8. The number of unbranched alkanes of at least 4 members (excludes halogenated alkanes) is 27. The third-order valence-corrected chi connectivity index (χ3v) is 11.7. The number of ether oxygens (including phenoxy) is 3. The zero-order valence-electron chi connectivity index (χ0n) is 42.5. The normalized spacial score (nSPS) is 12.7. The minimum absolute atomic E-state index is 0.0532.